The Kier molecular flexibility index (Phi) is 4.48. The summed E-state index contributed by atoms with van der Waals surface area (Å²) in [5, 5.41) is 3.09. The van der Waals surface area contributed by atoms with Crippen molar-refractivity contribution in [2.24, 2.45) is 0 Å². The molecule has 0 radical (unpaired) electrons. The molecule has 1 amide bonds. The smallest absolute Gasteiger partial charge is 0.254 e. The molecule has 1 N–H and O–H groups in total. The predicted molar refractivity (Wildman–Crippen MR) is 69.3 cm³/mol. The number of nitrogens with one attached hydrogen (secondary N) is 1. The van der Waals surface area contributed by atoms with E-state index in [9.17, 15) is 4.79 Å². The maximum absolute atomic E-state index is 11.9. The zero-order valence-electron chi connectivity index (χ0n) is 10.6. The van der Waals surface area contributed by atoms with Crippen molar-refractivity contribution in [2.45, 2.75) is 19.4 Å². The number of hydrogen-bond donors (Lipinski definition) is 1. The van der Waals surface area contributed by atoms with Crippen LogP contribution in [-0.4, -0.2) is 42.0 Å². The topological polar surface area (TPSA) is 45.2 Å². The van der Waals surface area contributed by atoms with E-state index in [0.717, 1.165) is 0 Å². The number of likely N-dealkylation sites (N-methyl/N-ethyl adjacent to an activating group) is 1. The summed E-state index contributed by atoms with van der Waals surface area (Å²) < 4.78 is 0. The van der Waals surface area contributed by atoms with Crippen LogP contribution in [0.15, 0.2) is 18.3 Å². The molecule has 94 valence electrons. The molecule has 0 aromatic carbocycles. The molecule has 0 atom stereocenters. The molecule has 1 aromatic rings. The van der Waals surface area contributed by atoms with Crippen molar-refractivity contribution in [2.75, 3.05) is 20.6 Å². The molecule has 0 saturated carbocycles. The summed E-state index contributed by atoms with van der Waals surface area (Å²) >= 11 is 5.85. The standard InChI is InChI=1S/C12H18ClN3O/c1-12(2,16(3)4)8-15-11(17)9-6-5-7-14-10(9)13/h5-7H,8H2,1-4H3,(H,15,17). The number of carbonyl (C=O) groups excluding carboxylic acids is 1. The third kappa shape index (κ3) is 3.68. The number of nitrogens with zero attached hydrogens (tertiary/aromatic N) is 2. The molecule has 17 heavy (non-hydrogen) atoms. The van der Waals surface area contributed by atoms with Crippen LogP contribution < -0.4 is 5.32 Å². The minimum Gasteiger partial charge on any atom is -0.350 e. The highest BCUT2D eigenvalue weighted by atomic mass is 35.5. The molecule has 5 heteroatoms. The average molecular weight is 256 g/mol. The van der Waals surface area contributed by atoms with Gasteiger partial charge in [-0.25, -0.2) is 4.98 Å². The molecule has 1 aromatic heterocycles. The number of hydrogen-bond acceptors (Lipinski definition) is 3. The quantitative estimate of drug-likeness (QED) is 0.835. The zero-order chi connectivity index (χ0) is 13.1. The molecule has 0 fully saturated rings. The Bertz CT molecular complexity index is 404. The van der Waals surface area contributed by atoms with E-state index in [2.05, 4.69) is 29.0 Å². The first-order valence-electron chi connectivity index (χ1n) is 5.41. The van der Waals surface area contributed by atoms with Gasteiger partial charge in [0.25, 0.3) is 5.91 Å². The van der Waals surface area contributed by atoms with Crippen LogP contribution in [0, 0.1) is 0 Å². The number of amides is 1. The fourth-order valence-corrected chi connectivity index (χ4v) is 1.31. The molecule has 0 bridgehead atoms. The van der Waals surface area contributed by atoms with Crippen molar-refractivity contribution in [1.29, 1.82) is 0 Å². The second-order valence-electron chi connectivity index (χ2n) is 4.73. The summed E-state index contributed by atoms with van der Waals surface area (Å²) in [6.45, 7) is 4.65. The first kappa shape index (κ1) is 13.9. The summed E-state index contributed by atoms with van der Waals surface area (Å²) in [5.74, 6) is -0.196. The lowest BCUT2D eigenvalue weighted by Gasteiger charge is -2.32. The lowest BCUT2D eigenvalue weighted by molar-refractivity contribution is 0.0919. The molecule has 0 aliphatic heterocycles. The lowest BCUT2D eigenvalue weighted by atomic mass is 10.0. The van der Waals surface area contributed by atoms with Crippen molar-refractivity contribution in [1.82, 2.24) is 15.2 Å². The Morgan fingerprint density at radius 2 is 2.18 bits per heavy atom. The maximum Gasteiger partial charge on any atom is 0.254 e. The Balaban J connectivity index is 2.66. The number of halogens is 1. The molecular weight excluding hydrogens is 238 g/mol. The van der Waals surface area contributed by atoms with Crippen LogP contribution in [0.1, 0.15) is 24.2 Å². The van der Waals surface area contributed by atoms with Crippen molar-refractivity contribution >= 4 is 17.5 Å². The fourth-order valence-electron chi connectivity index (χ4n) is 1.11. The van der Waals surface area contributed by atoms with Crippen molar-refractivity contribution < 1.29 is 4.79 Å². The first-order chi connectivity index (χ1) is 7.84. The summed E-state index contributed by atoms with van der Waals surface area (Å²) in [5.41, 5.74) is 0.299. The van der Waals surface area contributed by atoms with Crippen LogP contribution in [0.4, 0.5) is 0 Å². The second-order valence-corrected chi connectivity index (χ2v) is 5.09. The minimum absolute atomic E-state index is 0.107. The van der Waals surface area contributed by atoms with E-state index in [1.807, 2.05) is 14.1 Å². The predicted octanol–water partition coefficient (Wildman–Crippen LogP) is 1.80. The SMILES string of the molecule is CN(C)C(C)(C)CNC(=O)c1cccnc1Cl. The maximum atomic E-state index is 11.9. The van der Waals surface area contributed by atoms with Crippen molar-refractivity contribution in [3.05, 3.63) is 29.0 Å². The molecule has 1 heterocycles. The zero-order valence-corrected chi connectivity index (χ0v) is 11.4. The normalized spacial score (nSPS) is 11.6. The van der Waals surface area contributed by atoms with Gasteiger partial charge in [-0.3, -0.25) is 4.79 Å². The highest BCUT2D eigenvalue weighted by Gasteiger charge is 2.22. The molecule has 0 saturated heterocycles. The number of aromatic nitrogens is 1. The Morgan fingerprint density at radius 3 is 2.71 bits per heavy atom. The van der Waals surface area contributed by atoms with Gasteiger partial charge in [0.05, 0.1) is 5.56 Å². The highest BCUT2D eigenvalue weighted by molar-refractivity contribution is 6.32. The van der Waals surface area contributed by atoms with Crippen LogP contribution in [0.3, 0.4) is 0 Å². The minimum atomic E-state index is -0.196. The molecule has 1 rings (SSSR count). The second kappa shape index (κ2) is 5.47. The van der Waals surface area contributed by atoms with Gasteiger partial charge in [0.1, 0.15) is 5.15 Å². The van der Waals surface area contributed by atoms with Gasteiger partial charge >= 0.3 is 0 Å². The van der Waals surface area contributed by atoms with E-state index in [4.69, 9.17) is 11.6 Å². The van der Waals surface area contributed by atoms with Crippen molar-refractivity contribution in [3.8, 4) is 0 Å². The summed E-state index contributed by atoms with van der Waals surface area (Å²) in [6, 6.07) is 3.35. The molecule has 4 nitrogen and oxygen atoms in total. The number of rotatable bonds is 4. The van der Waals surface area contributed by atoms with Gasteiger partial charge in [-0.2, -0.15) is 0 Å². The average Bonchev–Trinajstić information content (AvgIpc) is 2.26. The van der Waals surface area contributed by atoms with E-state index in [-0.39, 0.29) is 16.6 Å². The van der Waals surface area contributed by atoms with Crippen molar-refractivity contribution in [3.63, 3.8) is 0 Å². The monoisotopic (exact) mass is 255 g/mol. The van der Waals surface area contributed by atoms with Gasteiger partial charge in [-0.1, -0.05) is 11.6 Å². The summed E-state index contributed by atoms with van der Waals surface area (Å²) in [4.78, 5) is 17.8. The largest absolute Gasteiger partial charge is 0.350 e. The Hall–Kier alpha value is -1.13. The van der Waals surface area contributed by atoms with Gasteiger partial charge in [0, 0.05) is 18.3 Å². The third-order valence-electron chi connectivity index (χ3n) is 2.90. The molecule has 0 aliphatic rings. The highest BCUT2D eigenvalue weighted by Crippen LogP contribution is 2.12. The Morgan fingerprint density at radius 1 is 1.53 bits per heavy atom. The van der Waals surface area contributed by atoms with Gasteiger partial charge in [-0.05, 0) is 40.1 Å². The first-order valence-corrected chi connectivity index (χ1v) is 5.78. The van der Waals surface area contributed by atoms with Crippen LogP contribution >= 0.6 is 11.6 Å². The number of carbonyl (C=O) groups is 1. The van der Waals surface area contributed by atoms with Crippen LogP contribution in [0.2, 0.25) is 5.15 Å². The van der Waals surface area contributed by atoms with E-state index < -0.39 is 0 Å². The van der Waals surface area contributed by atoms with Crippen LogP contribution in [-0.2, 0) is 0 Å². The van der Waals surface area contributed by atoms with Crippen LogP contribution in [0.5, 0.6) is 0 Å². The van der Waals surface area contributed by atoms with E-state index in [1.165, 1.54) is 0 Å². The molecule has 0 spiro atoms. The van der Waals surface area contributed by atoms with E-state index in [0.29, 0.717) is 12.1 Å². The van der Waals surface area contributed by atoms with E-state index >= 15 is 0 Å². The van der Waals surface area contributed by atoms with Gasteiger partial charge < -0.3 is 10.2 Å². The summed E-state index contributed by atoms with van der Waals surface area (Å²) in [6.07, 6.45) is 1.56. The lowest BCUT2D eigenvalue weighted by Crippen LogP contribution is -2.48. The van der Waals surface area contributed by atoms with Gasteiger partial charge in [0.2, 0.25) is 0 Å². The molecule has 0 aliphatic carbocycles. The van der Waals surface area contributed by atoms with Gasteiger partial charge in [-0.15, -0.1) is 0 Å². The molecular formula is C12H18ClN3O. The number of pyridine rings is 1. The fraction of sp³-hybridized carbons (Fsp3) is 0.500. The molecule has 0 unspecified atom stereocenters. The third-order valence-corrected chi connectivity index (χ3v) is 3.20. The summed E-state index contributed by atoms with van der Waals surface area (Å²) in [7, 11) is 3.95. The van der Waals surface area contributed by atoms with Gasteiger partial charge in [0.15, 0.2) is 0 Å². The Labute approximate surface area is 107 Å². The van der Waals surface area contributed by atoms with E-state index in [1.54, 1.807) is 18.3 Å². The van der Waals surface area contributed by atoms with Crippen LogP contribution in [0.25, 0.3) is 0 Å².